The van der Waals surface area contributed by atoms with E-state index in [0.717, 1.165) is 8.14 Å². The van der Waals surface area contributed by atoms with Crippen LogP contribution in [0.1, 0.15) is 22.8 Å². The van der Waals surface area contributed by atoms with Gasteiger partial charge in [0.25, 0.3) is 0 Å². The first-order chi connectivity index (χ1) is 12.4. The lowest BCUT2D eigenvalue weighted by molar-refractivity contribution is -0.146. The van der Waals surface area contributed by atoms with Crippen molar-refractivity contribution in [3.05, 3.63) is 74.6 Å². The molecule has 1 aromatic heterocycles. The third-order valence-electron chi connectivity index (χ3n) is 3.95. The molecule has 4 nitrogen and oxygen atoms in total. The van der Waals surface area contributed by atoms with E-state index in [9.17, 15) is 17.6 Å². The summed E-state index contributed by atoms with van der Waals surface area (Å²) in [6, 6.07) is 10.9. The van der Waals surface area contributed by atoms with Crippen molar-refractivity contribution in [2.24, 2.45) is 4.99 Å². The Bertz CT molecular complexity index is 1040. The van der Waals surface area contributed by atoms with E-state index < -0.39 is 17.8 Å². The number of halogens is 5. The molecule has 0 fully saturated rings. The molecule has 0 N–H and O–H groups in total. The Morgan fingerprint density at radius 1 is 1.00 bits per heavy atom. The minimum atomic E-state index is -4.67. The molecule has 1 aliphatic heterocycles. The molecule has 26 heavy (non-hydrogen) atoms. The summed E-state index contributed by atoms with van der Waals surface area (Å²) in [4.78, 5) is 4.36. The van der Waals surface area contributed by atoms with E-state index >= 15 is 0 Å². The highest BCUT2D eigenvalue weighted by atomic mass is 127. The standard InChI is InChI=1S/C17H9F4IN4/c18-12-4-2-1-3-10(12)15-11-7-9(22)5-6-13(11)26-14(8-23-15)24-25-16(26)17(19,20)21/h1-7H,8H2. The van der Waals surface area contributed by atoms with Gasteiger partial charge in [-0.2, -0.15) is 13.2 Å². The summed E-state index contributed by atoms with van der Waals surface area (Å²) in [6.45, 7) is -0.141. The van der Waals surface area contributed by atoms with Gasteiger partial charge in [0.2, 0.25) is 5.82 Å². The number of aromatic nitrogens is 3. The van der Waals surface area contributed by atoms with Gasteiger partial charge in [0.15, 0.2) is 5.82 Å². The molecule has 0 bridgehead atoms. The minimum Gasteiger partial charge on any atom is -0.276 e. The fourth-order valence-corrected chi connectivity index (χ4v) is 3.36. The fraction of sp³-hybridized carbons (Fsp3) is 0.118. The Balaban J connectivity index is 2.02. The molecule has 3 aromatic rings. The van der Waals surface area contributed by atoms with Crippen LogP contribution < -0.4 is 0 Å². The Hall–Kier alpha value is -2.30. The van der Waals surface area contributed by atoms with E-state index in [0.29, 0.717) is 5.56 Å². The molecule has 0 aliphatic carbocycles. The van der Waals surface area contributed by atoms with Crippen LogP contribution in [0.15, 0.2) is 47.5 Å². The first kappa shape index (κ1) is 17.1. The fourth-order valence-electron chi connectivity index (χ4n) is 2.87. The van der Waals surface area contributed by atoms with Crippen molar-refractivity contribution in [2.45, 2.75) is 12.7 Å². The van der Waals surface area contributed by atoms with Crippen molar-refractivity contribution < 1.29 is 17.6 Å². The van der Waals surface area contributed by atoms with Crippen LogP contribution in [-0.2, 0) is 12.7 Å². The summed E-state index contributed by atoms with van der Waals surface area (Å²) in [7, 11) is 0. The zero-order chi connectivity index (χ0) is 18.5. The number of hydrogen-bond donors (Lipinski definition) is 0. The van der Waals surface area contributed by atoms with E-state index in [2.05, 4.69) is 15.2 Å². The quantitative estimate of drug-likeness (QED) is 0.390. The van der Waals surface area contributed by atoms with Gasteiger partial charge >= 0.3 is 6.18 Å². The van der Waals surface area contributed by atoms with Crippen molar-refractivity contribution in [3.63, 3.8) is 0 Å². The molecular formula is C17H9F4IN4. The lowest BCUT2D eigenvalue weighted by Gasteiger charge is -2.15. The monoisotopic (exact) mass is 472 g/mol. The molecular weight excluding hydrogens is 463 g/mol. The van der Waals surface area contributed by atoms with E-state index in [-0.39, 0.29) is 29.3 Å². The molecule has 0 unspecified atom stereocenters. The van der Waals surface area contributed by atoms with Gasteiger partial charge < -0.3 is 0 Å². The third-order valence-corrected chi connectivity index (χ3v) is 4.62. The van der Waals surface area contributed by atoms with Crippen molar-refractivity contribution in [1.82, 2.24) is 14.8 Å². The van der Waals surface area contributed by atoms with E-state index in [1.165, 1.54) is 6.07 Å². The number of alkyl halides is 3. The molecule has 0 atom stereocenters. The highest BCUT2D eigenvalue weighted by Crippen LogP contribution is 2.34. The van der Waals surface area contributed by atoms with Crippen LogP contribution in [0, 0.1) is 9.39 Å². The summed E-state index contributed by atoms with van der Waals surface area (Å²) < 4.78 is 56.2. The van der Waals surface area contributed by atoms with Gasteiger partial charge in [0.05, 0.1) is 11.4 Å². The molecule has 132 valence electrons. The second-order valence-electron chi connectivity index (χ2n) is 5.58. The number of hydrogen-bond acceptors (Lipinski definition) is 3. The second-order valence-corrected chi connectivity index (χ2v) is 6.82. The first-order valence-corrected chi connectivity index (χ1v) is 8.55. The smallest absolute Gasteiger partial charge is 0.276 e. The van der Waals surface area contributed by atoms with Crippen LogP contribution in [-0.4, -0.2) is 20.5 Å². The van der Waals surface area contributed by atoms with Crippen LogP contribution in [0.4, 0.5) is 17.6 Å². The Kier molecular flexibility index (Phi) is 4.05. The molecule has 0 saturated heterocycles. The van der Waals surface area contributed by atoms with Gasteiger partial charge in [-0.15, -0.1) is 10.2 Å². The Labute approximate surface area is 158 Å². The predicted molar refractivity (Wildman–Crippen MR) is 94.8 cm³/mol. The van der Waals surface area contributed by atoms with Crippen LogP contribution >= 0.6 is 22.6 Å². The topological polar surface area (TPSA) is 43.1 Å². The largest absolute Gasteiger partial charge is 0.452 e. The van der Waals surface area contributed by atoms with Crippen LogP contribution in [0.5, 0.6) is 0 Å². The summed E-state index contributed by atoms with van der Waals surface area (Å²) in [5, 5.41) is 6.94. The van der Waals surface area contributed by atoms with E-state index in [1.54, 1.807) is 36.4 Å². The van der Waals surface area contributed by atoms with Gasteiger partial charge in [-0.3, -0.25) is 9.56 Å². The molecule has 1 aliphatic rings. The molecule has 0 amide bonds. The van der Waals surface area contributed by atoms with Crippen molar-refractivity contribution in [2.75, 3.05) is 0 Å². The second kappa shape index (κ2) is 6.15. The Morgan fingerprint density at radius 3 is 2.50 bits per heavy atom. The number of benzene rings is 2. The Morgan fingerprint density at radius 2 is 1.77 bits per heavy atom. The van der Waals surface area contributed by atoms with Crippen LogP contribution in [0.2, 0.25) is 0 Å². The van der Waals surface area contributed by atoms with Gasteiger partial charge in [-0.05, 0) is 52.9 Å². The molecule has 0 saturated carbocycles. The van der Waals surface area contributed by atoms with Gasteiger partial charge in [0, 0.05) is 14.7 Å². The van der Waals surface area contributed by atoms with Crippen molar-refractivity contribution in [1.29, 1.82) is 0 Å². The van der Waals surface area contributed by atoms with Crippen molar-refractivity contribution >= 4 is 28.3 Å². The zero-order valence-electron chi connectivity index (χ0n) is 12.9. The van der Waals surface area contributed by atoms with E-state index in [1.807, 2.05) is 22.6 Å². The number of aliphatic imine (C=N–C) groups is 1. The lowest BCUT2D eigenvalue weighted by atomic mass is 10.00. The molecule has 9 heteroatoms. The normalized spacial score (nSPS) is 13.7. The van der Waals surface area contributed by atoms with Crippen LogP contribution in [0.25, 0.3) is 5.69 Å². The van der Waals surface area contributed by atoms with Gasteiger partial charge in [-0.25, -0.2) is 4.39 Å². The third kappa shape index (κ3) is 2.79. The highest BCUT2D eigenvalue weighted by Gasteiger charge is 2.40. The summed E-state index contributed by atoms with van der Waals surface area (Å²) in [6.07, 6.45) is -4.67. The lowest BCUT2D eigenvalue weighted by Crippen LogP contribution is -2.17. The van der Waals surface area contributed by atoms with Crippen molar-refractivity contribution in [3.8, 4) is 5.69 Å². The molecule has 0 spiro atoms. The molecule has 2 aromatic carbocycles. The number of fused-ring (bicyclic) bond motifs is 3. The molecule has 4 rings (SSSR count). The van der Waals surface area contributed by atoms with E-state index in [4.69, 9.17) is 0 Å². The first-order valence-electron chi connectivity index (χ1n) is 7.47. The predicted octanol–water partition coefficient (Wildman–Crippen LogP) is 4.38. The SMILES string of the molecule is Fc1ccccc1C1=NCc2nnc(C(F)(F)F)n2-c2ccc(I)cc21. The molecule has 2 heterocycles. The molecule has 0 radical (unpaired) electrons. The van der Waals surface area contributed by atoms with Gasteiger partial charge in [0.1, 0.15) is 12.4 Å². The zero-order valence-corrected chi connectivity index (χ0v) is 15.1. The average molecular weight is 472 g/mol. The number of rotatable bonds is 1. The maximum absolute atomic E-state index is 14.3. The highest BCUT2D eigenvalue weighted by molar-refractivity contribution is 14.1. The summed E-state index contributed by atoms with van der Waals surface area (Å²) >= 11 is 2.05. The average Bonchev–Trinajstić information content (AvgIpc) is 2.95. The number of nitrogens with zero attached hydrogens (tertiary/aromatic N) is 4. The summed E-state index contributed by atoms with van der Waals surface area (Å²) in [5.74, 6) is -1.57. The maximum atomic E-state index is 14.3. The minimum absolute atomic E-state index is 0.0473. The maximum Gasteiger partial charge on any atom is 0.452 e. The van der Waals surface area contributed by atoms with Gasteiger partial charge in [-0.1, -0.05) is 12.1 Å². The summed E-state index contributed by atoms with van der Waals surface area (Å²) in [5.41, 5.74) is 1.13. The van der Waals surface area contributed by atoms with Crippen LogP contribution in [0.3, 0.4) is 0 Å².